The van der Waals surface area contributed by atoms with Gasteiger partial charge >= 0.3 is 0 Å². The fourth-order valence-corrected chi connectivity index (χ4v) is 2.08. The number of thiocarbonyl (C=S) groups is 1. The van der Waals surface area contributed by atoms with Crippen LogP contribution in [0, 0.1) is 23.0 Å². The average Bonchev–Trinajstić information content (AvgIpc) is 2.47. The Kier molecular flexibility index (Phi) is 4.91. The fraction of sp³-hybridized carbons (Fsp3) is 0.143. The number of nitriles is 1. The number of nitrogens with one attached hydrogen (secondary N) is 1. The third kappa shape index (κ3) is 3.71. The molecule has 0 atom stereocenters. The molecule has 0 aromatic heterocycles. The lowest BCUT2D eigenvalue weighted by atomic mass is 10.1. The zero-order chi connectivity index (χ0) is 16.1. The standard InChI is InChI=1S/C14H13F2N5S/c15-12-2-1-3-13(16)11(12)4-5-20-6-7-21(19-14(18)22)9-10(20)8-17/h1-3,6-7,9H,4-5H2,(H3,18,19,22). The van der Waals surface area contributed by atoms with Gasteiger partial charge in [0.25, 0.3) is 0 Å². The highest BCUT2D eigenvalue weighted by molar-refractivity contribution is 7.80. The predicted molar refractivity (Wildman–Crippen MR) is 81.4 cm³/mol. The molecule has 2 rings (SSSR count). The predicted octanol–water partition coefficient (Wildman–Crippen LogP) is 1.71. The molecule has 0 aliphatic carbocycles. The van der Waals surface area contributed by atoms with Crippen molar-refractivity contribution < 1.29 is 8.78 Å². The van der Waals surface area contributed by atoms with Gasteiger partial charge in [0.05, 0.1) is 6.20 Å². The molecule has 1 heterocycles. The van der Waals surface area contributed by atoms with Crippen molar-refractivity contribution in [2.75, 3.05) is 6.54 Å². The molecule has 0 radical (unpaired) electrons. The quantitative estimate of drug-likeness (QED) is 0.823. The lowest BCUT2D eigenvalue weighted by Gasteiger charge is -2.27. The van der Waals surface area contributed by atoms with Gasteiger partial charge in [-0.05, 0) is 30.8 Å². The largest absolute Gasteiger partial charge is 0.375 e. The summed E-state index contributed by atoms with van der Waals surface area (Å²) in [5.74, 6) is -1.19. The van der Waals surface area contributed by atoms with Gasteiger partial charge in [0.15, 0.2) is 5.11 Å². The molecule has 8 heteroatoms. The van der Waals surface area contributed by atoms with Gasteiger partial charge in [-0.1, -0.05) is 6.07 Å². The molecular weight excluding hydrogens is 308 g/mol. The van der Waals surface area contributed by atoms with E-state index in [0.29, 0.717) is 5.70 Å². The number of hydrogen-bond donors (Lipinski definition) is 2. The molecule has 1 aliphatic rings. The van der Waals surface area contributed by atoms with Gasteiger partial charge in [-0.25, -0.2) is 8.78 Å². The molecule has 0 saturated heterocycles. The van der Waals surface area contributed by atoms with Crippen molar-refractivity contribution in [1.29, 1.82) is 5.26 Å². The van der Waals surface area contributed by atoms with Crippen LogP contribution in [-0.2, 0) is 6.42 Å². The minimum Gasteiger partial charge on any atom is -0.375 e. The second-order valence-electron chi connectivity index (χ2n) is 4.45. The third-order valence-corrected chi connectivity index (χ3v) is 3.09. The lowest BCUT2D eigenvalue weighted by Crippen LogP contribution is -2.41. The summed E-state index contributed by atoms with van der Waals surface area (Å²) in [4.78, 5) is 1.59. The maximum absolute atomic E-state index is 13.6. The second kappa shape index (κ2) is 6.87. The van der Waals surface area contributed by atoms with E-state index < -0.39 is 11.6 Å². The highest BCUT2D eigenvalue weighted by Crippen LogP contribution is 2.16. The van der Waals surface area contributed by atoms with E-state index in [1.807, 2.05) is 6.07 Å². The minimum atomic E-state index is -0.597. The summed E-state index contributed by atoms with van der Waals surface area (Å²) in [6.45, 7) is 0.259. The highest BCUT2D eigenvalue weighted by Gasteiger charge is 2.15. The minimum absolute atomic E-state index is 0.00289. The van der Waals surface area contributed by atoms with Gasteiger partial charge in [-0.15, -0.1) is 0 Å². The number of hydrogen-bond acceptors (Lipinski definition) is 4. The Balaban J connectivity index is 2.06. The third-order valence-electron chi connectivity index (χ3n) is 3.00. The van der Waals surface area contributed by atoms with Crippen molar-refractivity contribution in [3.05, 3.63) is 59.7 Å². The molecule has 1 aliphatic heterocycles. The molecule has 1 aromatic rings. The summed E-state index contributed by atoms with van der Waals surface area (Å²) in [6.07, 6.45) is 4.81. The Bertz CT molecular complexity index is 660. The van der Waals surface area contributed by atoms with E-state index in [-0.39, 0.29) is 23.6 Å². The van der Waals surface area contributed by atoms with Crippen LogP contribution in [0.4, 0.5) is 8.78 Å². The molecule has 5 nitrogen and oxygen atoms in total. The van der Waals surface area contributed by atoms with Crippen LogP contribution in [0.3, 0.4) is 0 Å². The Hall–Kier alpha value is -2.66. The molecule has 0 fully saturated rings. The number of nitrogens with two attached hydrogens (primary N) is 1. The highest BCUT2D eigenvalue weighted by atomic mass is 32.1. The topological polar surface area (TPSA) is 68.3 Å². The van der Waals surface area contributed by atoms with E-state index in [1.165, 1.54) is 29.4 Å². The summed E-state index contributed by atoms with van der Waals surface area (Å²) in [6, 6.07) is 5.73. The van der Waals surface area contributed by atoms with E-state index in [4.69, 9.17) is 23.2 Å². The van der Waals surface area contributed by atoms with Crippen LogP contribution >= 0.6 is 12.2 Å². The molecule has 114 valence electrons. The zero-order valence-electron chi connectivity index (χ0n) is 11.5. The van der Waals surface area contributed by atoms with Gasteiger partial charge in [-0.3, -0.25) is 10.4 Å². The van der Waals surface area contributed by atoms with Crippen LogP contribution < -0.4 is 11.2 Å². The monoisotopic (exact) mass is 321 g/mol. The fourth-order valence-electron chi connectivity index (χ4n) is 1.97. The van der Waals surface area contributed by atoms with E-state index in [2.05, 4.69) is 5.43 Å². The Morgan fingerprint density at radius 3 is 2.59 bits per heavy atom. The molecule has 0 bridgehead atoms. The lowest BCUT2D eigenvalue weighted by molar-refractivity contribution is 0.379. The Morgan fingerprint density at radius 2 is 2.00 bits per heavy atom. The van der Waals surface area contributed by atoms with Crippen LogP contribution in [0.15, 0.2) is 42.5 Å². The van der Waals surface area contributed by atoms with E-state index in [9.17, 15) is 8.78 Å². The molecule has 0 amide bonds. The molecule has 0 spiro atoms. The Morgan fingerprint density at radius 1 is 1.32 bits per heavy atom. The molecule has 1 aromatic carbocycles. The van der Waals surface area contributed by atoms with Crippen molar-refractivity contribution >= 4 is 17.3 Å². The van der Waals surface area contributed by atoms with Crippen LogP contribution in [0.2, 0.25) is 0 Å². The Labute approximate surface area is 131 Å². The summed E-state index contributed by atoms with van der Waals surface area (Å²) in [5.41, 5.74) is 8.28. The first-order chi connectivity index (χ1) is 10.5. The van der Waals surface area contributed by atoms with Gasteiger partial charge < -0.3 is 10.6 Å². The SMILES string of the molecule is N#CC1=CN(NC(N)=S)C=CN1CCc1c(F)cccc1F. The summed E-state index contributed by atoms with van der Waals surface area (Å²) >= 11 is 4.71. The van der Waals surface area contributed by atoms with Crippen LogP contribution in [0.5, 0.6) is 0 Å². The van der Waals surface area contributed by atoms with E-state index in [0.717, 1.165) is 0 Å². The number of rotatable bonds is 4. The van der Waals surface area contributed by atoms with Gasteiger partial charge in [0.2, 0.25) is 0 Å². The first-order valence-electron chi connectivity index (χ1n) is 6.35. The maximum Gasteiger partial charge on any atom is 0.183 e. The van der Waals surface area contributed by atoms with Crippen LogP contribution in [0.1, 0.15) is 5.56 Å². The molecule has 22 heavy (non-hydrogen) atoms. The molecular formula is C14H13F2N5S. The van der Waals surface area contributed by atoms with Crippen molar-refractivity contribution in [2.24, 2.45) is 5.73 Å². The van der Waals surface area contributed by atoms with Crippen molar-refractivity contribution in [3.8, 4) is 6.07 Å². The number of allylic oxidation sites excluding steroid dienone is 1. The zero-order valence-corrected chi connectivity index (χ0v) is 12.3. The molecule has 3 N–H and O–H groups in total. The number of benzene rings is 1. The number of halogens is 2. The van der Waals surface area contributed by atoms with Crippen molar-refractivity contribution in [2.45, 2.75) is 6.42 Å². The average molecular weight is 321 g/mol. The number of nitrogens with zero attached hydrogens (tertiary/aromatic N) is 3. The molecule has 0 saturated carbocycles. The summed E-state index contributed by atoms with van der Waals surface area (Å²) < 4.78 is 27.2. The van der Waals surface area contributed by atoms with Crippen molar-refractivity contribution in [1.82, 2.24) is 15.3 Å². The van der Waals surface area contributed by atoms with Gasteiger partial charge in [0.1, 0.15) is 23.4 Å². The first-order valence-corrected chi connectivity index (χ1v) is 6.76. The van der Waals surface area contributed by atoms with Crippen LogP contribution in [-0.4, -0.2) is 21.6 Å². The molecule has 0 unspecified atom stereocenters. The number of hydrazine groups is 1. The van der Waals surface area contributed by atoms with Crippen molar-refractivity contribution in [3.63, 3.8) is 0 Å². The van der Waals surface area contributed by atoms with Gasteiger partial charge in [0, 0.05) is 24.5 Å². The van der Waals surface area contributed by atoms with E-state index in [1.54, 1.807) is 17.3 Å². The first kappa shape index (κ1) is 15.7. The second-order valence-corrected chi connectivity index (χ2v) is 4.89. The van der Waals surface area contributed by atoms with Crippen LogP contribution in [0.25, 0.3) is 0 Å². The maximum atomic E-state index is 13.6. The van der Waals surface area contributed by atoms with Gasteiger partial charge in [-0.2, -0.15) is 5.26 Å². The summed E-state index contributed by atoms with van der Waals surface area (Å²) in [7, 11) is 0. The normalized spacial score (nSPS) is 13.6. The summed E-state index contributed by atoms with van der Waals surface area (Å²) in [5, 5.41) is 10.6. The van der Waals surface area contributed by atoms with E-state index >= 15 is 0 Å². The smallest absolute Gasteiger partial charge is 0.183 e.